The van der Waals surface area contributed by atoms with Crippen molar-refractivity contribution in [1.29, 1.82) is 5.26 Å². The van der Waals surface area contributed by atoms with Gasteiger partial charge in [0, 0.05) is 6.42 Å². The molecule has 0 aromatic heterocycles. The fraction of sp³-hybridized carbons (Fsp3) is 0.200. The highest BCUT2D eigenvalue weighted by Crippen LogP contribution is 2.08. The maximum absolute atomic E-state index is 10.1. The number of nitriles is 1. The Labute approximate surface area is 71.4 Å². The first-order valence-electron chi connectivity index (χ1n) is 3.80. The first-order chi connectivity index (χ1) is 5.88. The molecule has 0 aliphatic rings. The zero-order valence-corrected chi connectivity index (χ0v) is 6.66. The minimum absolute atomic E-state index is 0.485. The molecule has 0 bridgehead atoms. The summed E-state index contributed by atoms with van der Waals surface area (Å²) in [5.74, 6) is 0. The molecule has 0 N–H and O–H groups in total. The molecular formula is C10H9NO. The fourth-order valence-corrected chi connectivity index (χ4v) is 1.06. The molecule has 0 radical (unpaired) electrons. The molecule has 0 heterocycles. The Kier molecular flexibility index (Phi) is 3.04. The molecule has 2 nitrogen and oxygen atoms in total. The van der Waals surface area contributed by atoms with Gasteiger partial charge in [-0.2, -0.15) is 5.26 Å². The Hall–Kier alpha value is -1.62. The molecule has 0 fully saturated rings. The fourth-order valence-electron chi connectivity index (χ4n) is 1.06. The van der Waals surface area contributed by atoms with Gasteiger partial charge in [-0.1, -0.05) is 18.2 Å². The minimum Gasteiger partial charge on any atom is -0.303 e. The van der Waals surface area contributed by atoms with Crippen molar-refractivity contribution in [3.05, 3.63) is 35.4 Å². The Morgan fingerprint density at radius 1 is 1.42 bits per heavy atom. The van der Waals surface area contributed by atoms with E-state index >= 15 is 0 Å². The summed E-state index contributed by atoms with van der Waals surface area (Å²) in [6, 6.07) is 9.43. The molecule has 2 heteroatoms. The topological polar surface area (TPSA) is 40.9 Å². The Morgan fingerprint density at radius 2 is 2.17 bits per heavy atom. The van der Waals surface area contributed by atoms with Gasteiger partial charge in [0.25, 0.3) is 0 Å². The summed E-state index contributed by atoms with van der Waals surface area (Å²) in [7, 11) is 0. The van der Waals surface area contributed by atoms with Crippen LogP contribution in [0.5, 0.6) is 0 Å². The summed E-state index contributed by atoms with van der Waals surface area (Å²) in [5.41, 5.74) is 1.62. The first-order valence-corrected chi connectivity index (χ1v) is 3.80. The summed E-state index contributed by atoms with van der Waals surface area (Å²) in [6.07, 6.45) is 2.01. The van der Waals surface area contributed by atoms with Crippen LogP contribution >= 0.6 is 0 Å². The average Bonchev–Trinajstić information content (AvgIpc) is 2.15. The highest BCUT2D eigenvalue weighted by Gasteiger charge is 1.98. The van der Waals surface area contributed by atoms with E-state index < -0.39 is 0 Å². The van der Waals surface area contributed by atoms with E-state index in [1.165, 1.54) is 0 Å². The van der Waals surface area contributed by atoms with E-state index in [1.807, 2.05) is 18.2 Å². The third-order valence-electron chi connectivity index (χ3n) is 1.67. The number of hydrogen-bond acceptors (Lipinski definition) is 2. The zero-order chi connectivity index (χ0) is 8.81. The Morgan fingerprint density at radius 3 is 2.83 bits per heavy atom. The molecule has 0 aliphatic heterocycles. The van der Waals surface area contributed by atoms with Crippen molar-refractivity contribution in [2.75, 3.05) is 0 Å². The molecule has 1 aromatic rings. The average molecular weight is 159 g/mol. The van der Waals surface area contributed by atoms with Crippen molar-refractivity contribution >= 4 is 6.29 Å². The van der Waals surface area contributed by atoms with Crippen LogP contribution in [0.1, 0.15) is 17.5 Å². The molecular weight excluding hydrogens is 150 g/mol. The lowest BCUT2D eigenvalue weighted by Crippen LogP contribution is -1.90. The van der Waals surface area contributed by atoms with Crippen molar-refractivity contribution in [2.45, 2.75) is 12.8 Å². The second kappa shape index (κ2) is 4.30. The molecule has 0 aliphatic carbocycles. The van der Waals surface area contributed by atoms with E-state index in [-0.39, 0.29) is 0 Å². The number of carbonyl (C=O) groups excluding carboxylic acids is 1. The molecule has 1 aromatic carbocycles. The molecule has 0 saturated heterocycles. The second-order valence-corrected chi connectivity index (χ2v) is 2.47. The van der Waals surface area contributed by atoms with Crippen LogP contribution in [0.2, 0.25) is 0 Å². The van der Waals surface area contributed by atoms with Gasteiger partial charge in [0.1, 0.15) is 6.29 Å². The maximum Gasteiger partial charge on any atom is 0.120 e. The van der Waals surface area contributed by atoms with E-state index in [9.17, 15) is 4.79 Å². The summed E-state index contributed by atoms with van der Waals surface area (Å²) >= 11 is 0. The molecule has 0 unspecified atom stereocenters. The molecule has 0 spiro atoms. The predicted molar refractivity (Wildman–Crippen MR) is 45.5 cm³/mol. The zero-order valence-electron chi connectivity index (χ0n) is 6.66. The predicted octanol–water partition coefficient (Wildman–Crippen LogP) is 1.69. The smallest absolute Gasteiger partial charge is 0.120 e. The van der Waals surface area contributed by atoms with Crippen molar-refractivity contribution in [2.24, 2.45) is 0 Å². The summed E-state index contributed by atoms with van der Waals surface area (Å²) in [4.78, 5) is 10.1. The first kappa shape index (κ1) is 8.48. The third kappa shape index (κ3) is 1.93. The molecule has 0 saturated carbocycles. The number of rotatable bonds is 3. The number of aryl methyl sites for hydroxylation is 1. The number of hydrogen-bond donors (Lipinski definition) is 0. The third-order valence-corrected chi connectivity index (χ3v) is 1.67. The Bertz CT molecular complexity index is 312. The molecule has 12 heavy (non-hydrogen) atoms. The van der Waals surface area contributed by atoms with E-state index in [2.05, 4.69) is 6.07 Å². The summed E-state index contributed by atoms with van der Waals surface area (Å²) in [6.45, 7) is 0. The lowest BCUT2D eigenvalue weighted by Gasteiger charge is -1.98. The van der Waals surface area contributed by atoms with E-state index in [0.717, 1.165) is 11.8 Å². The molecule has 1 rings (SSSR count). The van der Waals surface area contributed by atoms with Gasteiger partial charge in [-0.15, -0.1) is 0 Å². The van der Waals surface area contributed by atoms with Gasteiger partial charge in [-0.05, 0) is 18.1 Å². The number of carbonyl (C=O) groups is 1. The highest BCUT2D eigenvalue weighted by molar-refractivity contribution is 5.51. The summed E-state index contributed by atoms with van der Waals surface area (Å²) < 4.78 is 0. The van der Waals surface area contributed by atoms with Gasteiger partial charge in [0.2, 0.25) is 0 Å². The molecule has 0 amide bonds. The maximum atomic E-state index is 10.1. The standard InChI is InChI=1S/C10H9NO/c11-8-10-5-2-1-4-9(10)6-3-7-12/h1-2,4-5,7H,3,6H2. The van der Waals surface area contributed by atoms with Gasteiger partial charge in [0.15, 0.2) is 0 Å². The van der Waals surface area contributed by atoms with Crippen LogP contribution < -0.4 is 0 Å². The number of benzene rings is 1. The normalized spacial score (nSPS) is 8.92. The largest absolute Gasteiger partial charge is 0.303 e. The Balaban J connectivity index is 2.83. The van der Waals surface area contributed by atoms with Crippen LogP contribution in [0.4, 0.5) is 0 Å². The van der Waals surface area contributed by atoms with Crippen molar-refractivity contribution < 1.29 is 4.79 Å². The van der Waals surface area contributed by atoms with Crippen LogP contribution in [-0.2, 0) is 11.2 Å². The SMILES string of the molecule is N#Cc1ccccc1CCC=O. The van der Waals surface area contributed by atoms with Crippen LogP contribution in [0.3, 0.4) is 0 Å². The van der Waals surface area contributed by atoms with Crippen molar-refractivity contribution in [3.63, 3.8) is 0 Å². The summed E-state index contributed by atoms with van der Waals surface area (Å²) in [5, 5.41) is 8.68. The molecule has 0 atom stereocenters. The van der Waals surface area contributed by atoms with Crippen LogP contribution in [-0.4, -0.2) is 6.29 Å². The van der Waals surface area contributed by atoms with Gasteiger partial charge in [-0.25, -0.2) is 0 Å². The quantitative estimate of drug-likeness (QED) is 0.629. The van der Waals surface area contributed by atoms with Crippen molar-refractivity contribution in [1.82, 2.24) is 0 Å². The second-order valence-electron chi connectivity index (χ2n) is 2.47. The lowest BCUT2D eigenvalue weighted by molar-refractivity contribution is -0.107. The van der Waals surface area contributed by atoms with Crippen LogP contribution in [0.25, 0.3) is 0 Å². The molecule has 60 valence electrons. The van der Waals surface area contributed by atoms with Crippen molar-refractivity contribution in [3.8, 4) is 6.07 Å². The van der Waals surface area contributed by atoms with Gasteiger partial charge in [-0.3, -0.25) is 0 Å². The minimum atomic E-state index is 0.485. The van der Waals surface area contributed by atoms with E-state index in [4.69, 9.17) is 5.26 Å². The lowest BCUT2D eigenvalue weighted by atomic mass is 10.0. The van der Waals surface area contributed by atoms with E-state index in [0.29, 0.717) is 18.4 Å². The number of nitrogens with zero attached hydrogens (tertiary/aromatic N) is 1. The number of aldehydes is 1. The van der Waals surface area contributed by atoms with E-state index in [1.54, 1.807) is 6.07 Å². The van der Waals surface area contributed by atoms with Gasteiger partial charge < -0.3 is 4.79 Å². The van der Waals surface area contributed by atoms with Gasteiger partial charge in [0.05, 0.1) is 11.6 Å². The highest BCUT2D eigenvalue weighted by atomic mass is 16.1. The van der Waals surface area contributed by atoms with Crippen LogP contribution in [0.15, 0.2) is 24.3 Å². The van der Waals surface area contributed by atoms with Gasteiger partial charge >= 0.3 is 0 Å². The van der Waals surface area contributed by atoms with Crippen LogP contribution in [0, 0.1) is 11.3 Å². The monoisotopic (exact) mass is 159 g/mol.